The quantitative estimate of drug-likeness (QED) is 0.896. The molecule has 0 spiro atoms. The van der Waals surface area contributed by atoms with Gasteiger partial charge in [0.25, 0.3) is 0 Å². The number of nitrogens with one attached hydrogen (secondary N) is 1. The first-order valence-electron chi connectivity index (χ1n) is 6.37. The maximum atomic E-state index is 11.7. The predicted octanol–water partition coefficient (Wildman–Crippen LogP) is 2.54. The SMILES string of the molecule is Cc1ccc(CCC(=O)NCc2coc(C)n2)cc1. The Morgan fingerprint density at radius 3 is 2.63 bits per heavy atom. The maximum absolute atomic E-state index is 11.7. The molecular weight excluding hydrogens is 240 g/mol. The van der Waals surface area contributed by atoms with Crippen molar-refractivity contribution in [1.82, 2.24) is 10.3 Å². The predicted molar refractivity (Wildman–Crippen MR) is 72.6 cm³/mol. The average molecular weight is 258 g/mol. The van der Waals surface area contributed by atoms with E-state index >= 15 is 0 Å². The van der Waals surface area contributed by atoms with Crippen molar-refractivity contribution < 1.29 is 9.21 Å². The lowest BCUT2D eigenvalue weighted by Gasteiger charge is -2.03. The van der Waals surface area contributed by atoms with E-state index in [4.69, 9.17) is 4.42 Å². The minimum absolute atomic E-state index is 0.0289. The minimum Gasteiger partial charge on any atom is -0.449 e. The molecule has 1 amide bonds. The van der Waals surface area contributed by atoms with E-state index in [0.717, 1.165) is 12.1 Å². The summed E-state index contributed by atoms with van der Waals surface area (Å²) in [5.41, 5.74) is 3.16. The molecule has 0 saturated carbocycles. The number of amides is 1. The smallest absolute Gasteiger partial charge is 0.220 e. The molecule has 0 atom stereocenters. The van der Waals surface area contributed by atoms with Crippen LogP contribution in [0.3, 0.4) is 0 Å². The topological polar surface area (TPSA) is 55.1 Å². The molecule has 1 N–H and O–H groups in total. The molecule has 0 aliphatic carbocycles. The lowest BCUT2D eigenvalue weighted by molar-refractivity contribution is -0.121. The van der Waals surface area contributed by atoms with Gasteiger partial charge in [-0.05, 0) is 18.9 Å². The summed E-state index contributed by atoms with van der Waals surface area (Å²) in [6.45, 7) is 4.25. The van der Waals surface area contributed by atoms with Crippen molar-refractivity contribution in [2.24, 2.45) is 0 Å². The second-order valence-corrected chi connectivity index (χ2v) is 4.62. The molecule has 1 aromatic carbocycles. The molecule has 0 aliphatic heterocycles. The van der Waals surface area contributed by atoms with Gasteiger partial charge in [-0.3, -0.25) is 4.79 Å². The van der Waals surface area contributed by atoms with Gasteiger partial charge >= 0.3 is 0 Å². The third kappa shape index (κ3) is 4.25. The van der Waals surface area contributed by atoms with Gasteiger partial charge in [-0.25, -0.2) is 4.98 Å². The summed E-state index contributed by atoms with van der Waals surface area (Å²) in [6, 6.07) is 8.24. The Bertz CT molecular complexity index is 544. The van der Waals surface area contributed by atoms with Crippen LogP contribution in [0.15, 0.2) is 34.9 Å². The van der Waals surface area contributed by atoms with Crippen molar-refractivity contribution in [2.45, 2.75) is 33.2 Å². The average Bonchev–Trinajstić information content (AvgIpc) is 2.81. The van der Waals surface area contributed by atoms with E-state index in [1.807, 2.05) is 0 Å². The largest absolute Gasteiger partial charge is 0.449 e. The zero-order valence-corrected chi connectivity index (χ0v) is 11.3. The number of aryl methyl sites for hydroxylation is 3. The molecule has 1 aromatic heterocycles. The van der Waals surface area contributed by atoms with Gasteiger partial charge in [0.05, 0.1) is 12.2 Å². The number of hydrogen-bond acceptors (Lipinski definition) is 3. The van der Waals surface area contributed by atoms with Crippen LogP contribution in [0.25, 0.3) is 0 Å². The molecular formula is C15H18N2O2. The number of nitrogens with zero attached hydrogens (tertiary/aromatic N) is 1. The van der Waals surface area contributed by atoms with Crippen LogP contribution in [-0.2, 0) is 17.8 Å². The number of aromatic nitrogens is 1. The highest BCUT2D eigenvalue weighted by atomic mass is 16.3. The molecule has 0 bridgehead atoms. The van der Waals surface area contributed by atoms with E-state index in [9.17, 15) is 4.79 Å². The molecule has 4 nitrogen and oxygen atoms in total. The first kappa shape index (κ1) is 13.3. The molecule has 0 fully saturated rings. The lowest BCUT2D eigenvalue weighted by atomic mass is 10.1. The molecule has 1 heterocycles. The fourth-order valence-electron chi connectivity index (χ4n) is 1.78. The molecule has 2 rings (SSSR count). The number of oxazole rings is 1. The molecule has 4 heteroatoms. The van der Waals surface area contributed by atoms with Gasteiger partial charge in [-0.2, -0.15) is 0 Å². The van der Waals surface area contributed by atoms with Crippen molar-refractivity contribution in [2.75, 3.05) is 0 Å². The summed E-state index contributed by atoms with van der Waals surface area (Å²) in [4.78, 5) is 15.8. The van der Waals surface area contributed by atoms with Crippen molar-refractivity contribution in [3.05, 3.63) is 53.2 Å². The number of carbonyl (C=O) groups is 1. The number of hydrogen-bond donors (Lipinski definition) is 1. The second-order valence-electron chi connectivity index (χ2n) is 4.62. The summed E-state index contributed by atoms with van der Waals surface area (Å²) in [6.07, 6.45) is 2.80. The Balaban J connectivity index is 1.74. The van der Waals surface area contributed by atoms with Gasteiger partial charge in [-0.15, -0.1) is 0 Å². The van der Waals surface area contributed by atoms with Gasteiger partial charge in [0.1, 0.15) is 6.26 Å². The summed E-state index contributed by atoms with van der Waals surface area (Å²) in [5.74, 6) is 0.644. The fourth-order valence-corrected chi connectivity index (χ4v) is 1.78. The lowest BCUT2D eigenvalue weighted by Crippen LogP contribution is -2.23. The van der Waals surface area contributed by atoms with Crippen molar-refractivity contribution >= 4 is 5.91 Å². The van der Waals surface area contributed by atoms with Crippen LogP contribution in [0.2, 0.25) is 0 Å². The van der Waals surface area contributed by atoms with Crippen LogP contribution in [0.4, 0.5) is 0 Å². The Kier molecular flexibility index (Phi) is 4.34. The van der Waals surface area contributed by atoms with Crippen LogP contribution < -0.4 is 5.32 Å². The summed E-state index contributed by atoms with van der Waals surface area (Å²) < 4.78 is 5.07. The number of rotatable bonds is 5. The third-order valence-corrected chi connectivity index (χ3v) is 2.89. The van der Waals surface area contributed by atoms with Gasteiger partial charge in [0, 0.05) is 13.3 Å². The molecule has 2 aromatic rings. The minimum atomic E-state index is 0.0289. The summed E-state index contributed by atoms with van der Waals surface area (Å²) >= 11 is 0. The van der Waals surface area contributed by atoms with Crippen molar-refractivity contribution in [3.63, 3.8) is 0 Å². The van der Waals surface area contributed by atoms with Gasteiger partial charge in [0.2, 0.25) is 5.91 Å². The molecule has 100 valence electrons. The summed E-state index contributed by atoms with van der Waals surface area (Å²) in [7, 11) is 0. The second kappa shape index (κ2) is 6.18. The molecule has 19 heavy (non-hydrogen) atoms. The zero-order chi connectivity index (χ0) is 13.7. The molecule has 0 radical (unpaired) electrons. The van der Waals surface area contributed by atoms with Crippen LogP contribution in [0.5, 0.6) is 0 Å². The van der Waals surface area contributed by atoms with Crippen LogP contribution in [0.1, 0.15) is 29.1 Å². The first-order chi connectivity index (χ1) is 9.13. The van der Waals surface area contributed by atoms with Crippen LogP contribution in [-0.4, -0.2) is 10.9 Å². The Labute approximate surface area is 112 Å². The van der Waals surface area contributed by atoms with E-state index < -0.39 is 0 Å². The zero-order valence-electron chi connectivity index (χ0n) is 11.3. The van der Waals surface area contributed by atoms with E-state index in [0.29, 0.717) is 18.9 Å². The number of benzene rings is 1. The maximum Gasteiger partial charge on any atom is 0.220 e. The van der Waals surface area contributed by atoms with E-state index in [2.05, 4.69) is 41.5 Å². The Morgan fingerprint density at radius 2 is 2.00 bits per heavy atom. The fraction of sp³-hybridized carbons (Fsp3) is 0.333. The van der Waals surface area contributed by atoms with Gasteiger partial charge in [0.15, 0.2) is 5.89 Å². The van der Waals surface area contributed by atoms with E-state index in [1.54, 1.807) is 13.2 Å². The monoisotopic (exact) mass is 258 g/mol. The van der Waals surface area contributed by atoms with Crippen LogP contribution >= 0.6 is 0 Å². The molecule has 0 unspecified atom stereocenters. The Hall–Kier alpha value is -2.10. The van der Waals surface area contributed by atoms with Gasteiger partial charge < -0.3 is 9.73 Å². The highest BCUT2D eigenvalue weighted by Crippen LogP contribution is 2.06. The van der Waals surface area contributed by atoms with Gasteiger partial charge in [-0.1, -0.05) is 29.8 Å². The normalized spacial score (nSPS) is 10.4. The highest BCUT2D eigenvalue weighted by molar-refractivity contribution is 5.76. The van der Waals surface area contributed by atoms with Crippen LogP contribution in [0, 0.1) is 13.8 Å². The molecule has 0 saturated heterocycles. The Morgan fingerprint density at radius 1 is 1.26 bits per heavy atom. The van der Waals surface area contributed by atoms with E-state index in [-0.39, 0.29) is 5.91 Å². The summed E-state index contributed by atoms with van der Waals surface area (Å²) in [5, 5.41) is 2.83. The number of carbonyl (C=O) groups excluding carboxylic acids is 1. The van der Waals surface area contributed by atoms with Crippen molar-refractivity contribution in [1.29, 1.82) is 0 Å². The molecule has 0 aliphatic rings. The van der Waals surface area contributed by atoms with E-state index in [1.165, 1.54) is 11.1 Å². The highest BCUT2D eigenvalue weighted by Gasteiger charge is 2.04. The first-order valence-corrected chi connectivity index (χ1v) is 6.37. The van der Waals surface area contributed by atoms with Crippen molar-refractivity contribution in [3.8, 4) is 0 Å². The third-order valence-electron chi connectivity index (χ3n) is 2.89. The standard InChI is InChI=1S/C15H18N2O2/c1-11-3-5-13(6-4-11)7-8-15(18)16-9-14-10-19-12(2)17-14/h3-6,10H,7-9H2,1-2H3,(H,16,18).